The molecule has 1 aliphatic heterocycles. The van der Waals surface area contributed by atoms with Crippen molar-refractivity contribution in [3.05, 3.63) is 72.2 Å². The number of ether oxygens (including phenoxy) is 2. The first-order chi connectivity index (χ1) is 18.1. The summed E-state index contributed by atoms with van der Waals surface area (Å²) in [5, 5.41) is 10.1. The quantitative estimate of drug-likeness (QED) is 0.303. The molecule has 37 heavy (non-hydrogen) atoms. The molecular formula is C29H27N5O3. The Bertz CT molecular complexity index is 1630. The number of aromatic nitrogens is 3. The van der Waals surface area contributed by atoms with Crippen LogP contribution in [0.1, 0.15) is 24.0 Å². The molecule has 0 amide bonds. The minimum absolute atomic E-state index is 0.329. The molecule has 8 nitrogen and oxygen atoms in total. The highest BCUT2D eigenvalue weighted by Crippen LogP contribution is 2.37. The Morgan fingerprint density at radius 3 is 2.95 bits per heavy atom. The van der Waals surface area contributed by atoms with Crippen LogP contribution in [0.4, 0.5) is 5.82 Å². The van der Waals surface area contributed by atoms with Gasteiger partial charge in [-0.15, -0.1) is 0 Å². The van der Waals surface area contributed by atoms with Crippen LogP contribution in [0, 0.1) is 24.2 Å². The van der Waals surface area contributed by atoms with Crippen LogP contribution in [-0.4, -0.2) is 41.2 Å². The maximum atomic E-state index is 9.23. The molecule has 0 saturated carbocycles. The summed E-state index contributed by atoms with van der Waals surface area (Å²) in [5.74, 6) is 3.26. The van der Waals surface area contributed by atoms with E-state index in [2.05, 4.69) is 22.9 Å². The molecule has 8 heteroatoms. The first kappa shape index (κ1) is 22.9. The van der Waals surface area contributed by atoms with Crippen LogP contribution in [0.2, 0.25) is 0 Å². The second kappa shape index (κ2) is 9.51. The first-order valence-electron chi connectivity index (χ1n) is 12.4. The number of nitrogens with zero attached hydrogens (tertiary/aromatic N) is 5. The molecule has 5 heterocycles. The Hall–Kier alpha value is -4.51. The van der Waals surface area contributed by atoms with Crippen LogP contribution in [-0.2, 0) is 0 Å². The molecule has 1 fully saturated rings. The standard InChI is InChI=1S/C29H27N5O3/c1-19-5-6-28-32-24(17-34(28)15-19)27-13-23-25(11-22(35-2)12-26(23)37-27)36-18-21-4-3-9-33(16-21)29-10-20(14-30)7-8-31-29/h5-8,10-13,15,17,21H,3-4,9,16,18H2,1-2H3. The van der Waals surface area contributed by atoms with Gasteiger partial charge in [0.15, 0.2) is 5.76 Å². The summed E-state index contributed by atoms with van der Waals surface area (Å²) in [6, 6.07) is 15.6. The zero-order chi connectivity index (χ0) is 25.4. The molecule has 1 aromatic carbocycles. The van der Waals surface area contributed by atoms with Crippen molar-refractivity contribution < 1.29 is 13.9 Å². The molecule has 1 saturated heterocycles. The van der Waals surface area contributed by atoms with Gasteiger partial charge in [-0.05, 0) is 49.6 Å². The van der Waals surface area contributed by atoms with Crippen LogP contribution in [0.25, 0.3) is 28.1 Å². The van der Waals surface area contributed by atoms with Crippen molar-refractivity contribution in [2.45, 2.75) is 19.8 Å². The monoisotopic (exact) mass is 493 g/mol. The van der Waals surface area contributed by atoms with Crippen molar-refractivity contribution in [2.75, 3.05) is 31.7 Å². The lowest BCUT2D eigenvalue weighted by Crippen LogP contribution is -2.38. The van der Waals surface area contributed by atoms with Gasteiger partial charge < -0.3 is 23.2 Å². The van der Waals surface area contributed by atoms with Crippen molar-refractivity contribution in [1.82, 2.24) is 14.4 Å². The number of imidazole rings is 1. The third-order valence-corrected chi connectivity index (χ3v) is 6.85. The largest absolute Gasteiger partial charge is 0.496 e. The number of methoxy groups -OCH3 is 1. The van der Waals surface area contributed by atoms with E-state index in [-0.39, 0.29) is 0 Å². The van der Waals surface area contributed by atoms with Crippen molar-refractivity contribution in [3.8, 4) is 29.0 Å². The number of pyridine rings is 2. The van der Waals surface area contributed by atoms with Crippen molar-refractivity contribution in [2.24, 2.45) is 5.92 Å². The Balaban J connectivity index is 1.24. The Labute approximate surface area is 214 Å². The molecule has 0 N–H and O–H groups in total. The number of piperidine rings is 1. The topological polar surface area (TPSA) is 88.8 Å². The Kier molecular flexibility index (Phi) is 5.89. The van der Waals surface area contributed by atoms with E-state index in [1.165, 1.54) is 0 Å². The Morgan fingerprint density at radius 2 is 2.08 bits per heavy atom. The second-order valence-electron chi connectivity index (χ2n) is 9.53. The number of fused-ring (bicyclic) bond motifs is 2. The summed E-state index contributed by atoms with van der Waals surface area (Å²) in [5.41, 5.74) is 4.11. The summed E-state index contributed by atoms with van der Waals surface area (Å²) >= 11 is 0. The fourth-order valence-electron chi connectivity index (χ4n) is 4.95. The van der Waals surface area contributed by atoms with E-state index in [9.17, 15) is 5.26 Å². The van der Waals surface area contributed by atoms with Crippen LogP contribution in [0.15, 0.2) is 65.5 Å². The first-order valence-corrected chi connectivity index (χ1v) is 12.4. The molecule has 0 aliphatic carbocycles. The van der Waals surface area contributed by atoms with E-state index < -0.39 is 0 Å². The second-order valence-corrected chi connectivity index (χ2v) is 9.53. The lowest BCUT2D eigenvalue weighted by molar-refractivity contribution is 0.230. The maximum Gasteiger partial charge on any atom is 0.155 e. The fourth-order valence-corrected chi connectivity index (χ4v) is 4.95. The average molecular weight is 494 g/mol. The minimum atomic E-state index is 0.329. The molecule has 0 bridgehead atoms. The lowest BCUT2D eigenvalue weighted by Gasteiger charge is -2.33. The van der Waals surface area contributed by atoms with E-state index in [0.717, 1.165) is 59.8 Å². The van der Waals surface area contributed by atoms with E-state index in [0.29, 0.717) is 35.2 Å². The number of furan rings is 1. The average Bonchev–Trinajstić information content (AvgIpc) is 3.56. The molecule has 4 aromatic heterocycles. The third-order valence-electron chi connectivity index (χ3n) is 6.85. The van der Waals surface area contributed by atoms with Gasteiger partial charge >= 0.3 is 0 Å². The third kappa shape index (κ3) is 4.56. The predicted octanol–water partition coefficient (Wildman–Crippen LogP) is 5.63. The number of hydrogen-bond donors (Lipinski definition) is 0. The van der Waals surface area contributed by atoms with E-state index in [1.54, 1.807) is 19.4 Å². The number of aryl methyl sites for hydroxylation is 1. The highest BCUT2D eigenvalue weighted by atomic mass is 16.5. The van der Waals surface area contributed by atoms with E-state index >= 15 is 0 Å². The van der Waals surface area contributed by atoms with Crippen molar-refractivity contribution in [3.63, 3.8) is 0 Å². The van der Waals surface area contributed by atoms with Gasteiger partial charge in [0.2, 0.25) is 0 Å². The van der Waals surface area contributed by atoms with Crippen LogP contribution in [0.3, 0.4) is 0 Å². The molecular weight excluding hydrogens is 466 g/mol. The van der Waals surface area contributed by atoms with Gasteiger partial charge in [-0.3, -0.25) is 0 Å². The summed E-state index contributed by atoms with van der Waals surface area (Å²) in [6.07, 6.45) is 7.83. The summed E-state index contributed by atoms with van der Waals surface area (Å²) in [7, 11) is 1.64. The zero-order valence-corrected chi connectivity index (χ0v) is 20.8. The van der Waals surface area contributed by atoms with Gasteiger partial charge in [0.25, 0.3) is 0 Å². The molecule has 0 spiro atoms. The highest BCUT2D eigenvalue weighted by molar-refractivity contribution is 5.89. The van der Waals surface area contributed by atoms with Crippen molar-refractivity contribution in [1.29, 1.82) is 5.26 Å². The normalized spacial score (nSPS) is 15.7. The SMILES string of the molecule is COc1cc(OCC2CCCN(c3cc(C#N)ccn3)C2)c2cc(-c3cn4cc(C)ccc4n3)oc2c1. The number of nitriles is 1. The van der Waals surface area contributed by atoms with Crippen LogP contribution < -0.4 is 14.4 Å². The summed E-state index contributed by atoms with van der Waals surface area (Å²) < 4.78 is 20.1. The highest BCUT2D eigenvalue weighted by Gasteiger charge is 2.23. The number of benzene rings is 1. The van der Waals surface area contributed by atoms with Crippen molar-refractivity contribution >= 4 is 22.4 Å². The molecule has 0 radical (unpaired) electrons. The number of hydrogen-bond acceptors (Lipinski definition) is 7. The molecule has 6 rings (SSSR count). The zero-order valence-electron chi connectivity index (χ0n) is 20.8. The van der Waals surface area contributed by atoms with Gasteiger partial charge in [0.1, 0.15) is 34.2 Å². The van der Waals surface area contributed by atoms with Gasteiger partial charge in [0.05, 0.1) is 30.7 Å². The number of rotatable bonds is 6. The van der Waals surface area contributed by atoms with E-state index in [1.807, 2.05) is 53.2 Å². The Morgan fingerprint density at radius 1 is 1.16 bits per heavy atom. The molecule has 5 aromatic rings. The molecule has 1 unspecified atom stereocenters. The summed E-state index contributed by atoms with van der Waals surface area (Å²) in [4.78, 5) is 11.4. The molecule has 1 atom stereocenters. The minimum Gasteiger partial charge on any atom is -0.496 e. The molecule has 1 aliphatic rings. The maximum absolute atomic E-state index is 9.23. The van der Waals surface area contributed by atoms with Gasteiger partial charge in [-0.2, -0.15) is 5.26 Å². The van der Waals surface area contributed by atoms with E-state index in [4.69, 9.17) is 18.9 Å². The smallest absolute Gasteiger partial charge is 0.155 e. The van der Waals surface area contributed by atoms with Gasteiger partial charge in [0, 0.05) is 49.7 Å². The van der Waals surface area contributed by atoms with Crippen LogP contribution in [0.5, 0.6) is 11.5 Å². The van der Waals surface area contributed by atoms with Crippen LogP contribution >= 0.6 is 0 Å². The molecule has 186 valence electrons. The lowest BCUT2D eigenvalue weighted by atomic mass is 9.99. The van der Waals surface area contributed by atoms with Gasteiger partial charge in [-0.1, -0.05) is 6.07 Å². The number of anilines is 1. The predicted molar refractivity (Wildman–Crippen MR) is 141 cm³/mol. The fraction of sp³-hybridized carbons (Fsp3) is 0.276. The van der Waals surface area contributed by atoms with Gasteiger partial charge in [-0.25, -0.2) is 9.97 Å². The summed E-state index contributed by atoms with van der Waals surface area (Å²) in [6.45, 7) is 4.37.